The van der Waals surface area contributed by atoms with Crippen molar-refractivity contribution in [3.63, 3.8) is 0 Å². The molecule has 31 heavy (non-hydrogen) atoms. The number of hydrogen-bond acceptors (Lipinski definition) is 7. The van der Waals surface area contributed by atoms with Gasteiger partial charge in [0.1, 0.15) is 0 Å². The number of carbonyl (C=O) groups excluding carboxylic acids is 2. The second-order valence-electron chi connectivity index (χ2n) is 5.93. The predicted molar refractivity (Wildman–Crippen MR) is 103 cm³/mol. The molecule has 2 aromatic rings. The second-order valence-corrected chi connectivity index (χ2v) is 5.93. The summed E-state index contributed by atoms with van der Waals surface area (Å²) in [6.45, 7) is -1.85. The summed E-state index contributed by atoms with van der Waals surface area (Å²) in [7, 11) is 4.23. The van der Waals surface area contributed by atoms with Gasteiger partial charge in [-0.05, 0) is 18.2 Å². The Bertz CT molecular complexity index is 894. The topological polar surface area (TPSA) is 108 Å². The number of carbonyl (C=O) groups is 2. The minimum Gasteiger partial charge on any atom is -0.493 e. The van der Waals surface area contributed by atoms with E-state index in [-0.39, 0.29) is 35.2 Å². The highest BCUT2D eigenvalue weighted by atomic mass is 19.4. The first-order valence-corrected chi connectivity index (χ1v) is 8.70. The molecule has 0 bridgehead atoms. The van der Waals surface area contributed by atoms with Crippen molar-refractivity contribution in [2.24, 2.45) is 0 Å². The Balaban J connectivity index is 1.93. The van der Waals surface area contributed by atoms with E-state index >= 15 is 0 Å². The average Bonchev–Trinajstić information content (AvgIpc) is 2.75. The van der Waals surface area contributed by atoms with Gasteiger partial charge in [0.2, 0.25) is 17.5 Å². The molecule has 0 saturated carbocycles. The first-order chi connectivity index (χ1) is 14.7. The summed E-state index contributed by atoms with van der Waals surface area (Å²) in [6, 6.07) is 5.35. The van der Waals surface area contributed by atoms with E-state index in [9.17, 15) is 22.8 Å². The van der Waals surface area contributed by atoms with Crippen LogP contribution in [0.25, 0.3) is 0 Å². The molecule has 0 spiro atoms. The molecular weight excluding hydrogens is 423 g/mol. The number of ether oxygens (including phenoxy) is 4. The van der Waals surface area contributed by atoms with Crippen LogP contribution in [0.15, 0.2) is 30.5 Å². The molecule has 0 aliphatic heterocycles. The normalized spacial score (nSPS) is 10.8. The van der Waals surface area contributed by atoms with Crippen LogP contribution in [0.3, 0.4) is 0 Å². The van der Waals surface area contributed by atoms with Gasteiger partial charge >= 0.3 is 6.18 Å². The summed E-state index contributed by atoms with van der Waals surface area (Å²) in [6.07, 6.45) is -3.35. The van der Waals surface area contributed by atoms with Crippen LogP contribution < -0.4 is 29.6 Å². The van der Waals surface area contributed by atoms with Crippen molar-refractivity contribution in [1.82, 2.24) is 10.3 Å². The maximum Gasteiger partial charge on any atom is 0.422 e. The van der Waals surface area contributed by atoms with Gasteiger partial charge in [0.15, 0.2) is 18.1 Å². The molecule has 2 amide bonds. The van der Waals surface area contributed by atoms with E-state index in [0.717, 1.165) is 6.20 Å². The van der Waals surface area contributed by atoms with Crippen molar-refractivity contribution in [2.45, 2.75) is 6.18 Å². The van der Waals surface area contributed by atoms with Crippen molar-refractivity contribution >= 4 is 17.5 Å². The molecule has 0 fully saturated rings. The van der Waals surface area contributed by atoms with Gasteiger partial charge in [0.05, 0.1) is 39.8 Å². The van der Waals surface area contributed by atoms with Gasteiger partial charge in [-0.3, -0.25) is 9.59 Å². The van der Waals surface area contributed by atoms with Gasteiger partial charge in [-0.1, -0.05) is 0 Å². The standard InChI is InChI=1S/C19H20F3N3O6/c1-28-13-6-11(7-14(29-2)17(13)30-3)18(27)24-9-15(26)25-12-4-5-16(23-8-12)31-10-19(20,21)22/h4-8H,9-10H2,1-3H3,(H,24,27)(H,25,26). The molecule has 12 heteroatoms. The second kappa shape index (κ2) is 10.4. The maximum atomic E-state index is 12.4. The van der Waals surface area contributed by atoms with Crippen LogP contribution in [0.5, 0.6) is 23.1 Å². The Morgan fingerprint density at radius 3 is 2.16 bits per heavy atom. The zero-order valence-electron chi connectivity index (χ0n) is 16.8. The fraction of sp³-hybridized carbons (Fsp3) is 0.316. The number of rotatable bonds is 9. The summed E-state index contributed by atoms with van der Waals surface area (Å²) >= 11 is 0. The molecule has 1 heterocycles. The molecule has 168 valence electrons. The lowest BCUT2D eigenvalue weighted by Gasteiger charge is -2.14. The Kier molecular flexibility index (Phi) is 7.88. The monoisotopic (exact) mass is 443 g/mol. The molecule has 2 rings (SSSR count). The molecule has 2 N–H and O–H groups in total. The van der Waals surface area contributed by atoms with Crippen molar-refractivity contribution in [3.05, 3.63) is 36.0 Å². The zero-order valence-corrected chi connectivity index (χ0v) is 16.8. The fourth-order valence-corrected chi connectivity index (χ4v) is 2.38. The molecule has 0 aliphatic carbocycles. The van der Waals surface area contributed by atoms with E-state index in [4.69, 9.17) is 14.2 Å². The van der Waals surface area contributed by atoms with Crippen molar-refractivity contribution in [2.75, 3.05) is 39.8 Å². The Morgan fingerprint density at radius 1 is 1.03 bits per heavy atom. The van der Waals surface area contributed by atoms with Crippen LogP contribution in [0.2, 0.25) is 0 Å². The maximum absolute atomic E-state index is 12.4. The highest BCUT2D eigenvalue weighted by Crippen LogP contribution is 2.38. The summed E-state index contributed by atoms with van der Waals surface area (Å²) in [5, 5.41) is 4.88. The van der Waals surface area contributed by atoms with E-state index in [1.54, 1.807) is 0 Å². The van der Waals surface area contributed by atoms with Gasteiger partial charge in [0, 0.05) is 11.6 Å². The summed E-state index contributed by atoms with van der Waals surface area (Å²) < 4.78 is 56.4. The number of nitrogens with one attached hydrogen (secondary N) is 2. The van der Waals surface area contributed by atoms with Crippen LogP contribution in [-0.4, -0.2) is 57.5 Å². The van der Waals surface area contributed by atoms with Crippen LogP contribution in [0.4, 0.5) is 18.9 Å². The largest absolute Gasteiger partial charge is 0.493 e. The first-order valence-electron chi connectivity index (χ1n) is 8.70. The number of anilines is 1. The molecule has 1 aromatic heterocycles. The molecule has 0 unspecified atom stereocenters. The predicted octanol–water partition coefficient (Wildman–Crippen LogP) is 2.42. The quantitative estimate of drug-likeness (QED) is 0.613. The van der Waals surface area contributed by atoms with E-state index < -0.39 is 24.6 Å². The SMILES string of the molecule is COc1cc(C(=O)NCC(=O)Nc2ccc(OCC(F)(F)F)nc2)cc(OC)c1OC. The lowest BCUT2D eigenvalue weighted by molar-refractivity contribution is -0.154. The minimum absolute atomic E-state index is 0.176. The fourth-order valence-electron chi connectivity index (χ4n) is 2.38. The van der Waals surface area contributed by atoms with E-state index in [0.29, 0.717) is 5.75 Å². The average molecular weight is 443 g/mol. The van der Waals surface area contributed by atoms with Crippen LogP contribution >= 0.6 is 0 Å². The van der Waals surface area contributed by atoms with Gasteiger partial charge in [-0.2, -0.15) is 13.2 Å². The molecule has 0 saturated heterocycles. The Morgan fingerprint density at radius 2 is 1.68 bits per heavy atom. The first kappa shape index (κ1) is 23.6. The number of nitrogens with zero attached hydrogens (tertiary/aromatic N) is 1. The number of halogens is 3. The smallest absolute Gasteiger partial charge is 0.422 e. The molecular formula is C19H20F3N3O6. The summed E-state index contributed by atoms with van der Waals surface area (Å²) in [5.41, 5.74) is 0.390. The lowest BCUT2D eigenvalue weighted by atomic mass is 10.1. The Labute approximate surface area is 175 Å². The van der Waals surface area contributed by atoms with Crippen molar-refractivity contribution in [3.8, 4) is 23.1 Å². The molecule has 9 nitrogen and oxygen atoms in total. The minimum atomic E-state index is -4.48. The van der Waals surface area contributed by atoms with Gasteiger partial charge in [0.25, 0.3) is 5.91 Å². The summed E-state index contributed by atoms with van der Waals surface area (Å²) in [4.78, 5) is 28.1. The van der Waals surface area contributed by atoms with Crippen molar-refractivity contribution in [1.29, 1.82) is 0 Å². The number of aromatic nitrogens is 1. The number of pyridine rings is 1. The van der Waals surface area contributed by atoms with E-state index in [1.807, 2.05) is 0 Å². The number of alkyl halides is 3. The van der Waals surface area contributed by atoms with Gasteiger partial charge in [-0.25, -0.2) is 4.98 Å². The number of hydrogen-bond donors (Lipinski definition) is 2. The molecule has 0 aliphatic rings. The lowest BCUT2D eigenvalue weighted by Crippen LogP contribution is -2.32. The zero-order chi connectivity index (χ0) is 23.0. The summed E-state index contributed by atoms with van der Waals surface area (Å²) in [5.74, 6) is -0.527. The third-order valence-electron chi connectivity index (χ3n) is 3.74. The third-order valence-corrected chi connectivity index (χ3v) is 3.74. The highest BCUT2D eigenvalue weighted by Gasteiger charge is 2.28. The number of benzene rings is 1. The molecule has 0 radical (unpaired) electrons. The van der Waals surface area contributed by atoms with E-state index in [2.05, 4.69) is 20.4 Å². The molecule has 0 atom stereocenters. The third kappa shape index (κ3) is 6.94. The van der Waals surface area contributed by atoms with Crippen molar-refractivity contribution < 1.29 is 41.7 Å². The Hall–Kier alpha value is -3.70. The van der Waals surface area contributed by atoms with E-state index in [1.165, 1.54) is 45.6 Å². The molecule has 1 aromatic carbocycles. The number of methoxy groups -OCH3 is 3. The van der Waals surface area contributed by atoms with Crippen LogP contribution in [0, 0.1) is 0 Å². The highest BCUT2D eigenvalue weighted by molar-refractivity contribution is 6.00. The van der Waals surface area contributed by atoms with Gasteiger partial charge in [-0.15, -0.1) is 0 Å². The van der Waals surface area contributed by atoms with Gasteiger partial charge < -0.3 is 29.6 Å². The van der Waals surface area contributed by atoms with Crippen LogP contribution in [-0.2, 0) is 4.79 Å². The van der Waals surface area contributed by atoms with Crippen LogP contribution in [0.1, 0.15) is 10.4 Å². The number of amides is 2.